The smallest absolute Gasteiger partial charge is 0.243 e. The minimum atomic E-state index is -4.09. The Balaban J connectivity index is 3.61. The number of nitrogens with zero attached hydrogens (tertiary/aromatic N) is 1. The van der Waals surface area contributed by atoms with E-state index in [1.54, 1.807) is 0 Å². The molecule has 0 saturated carbocycles. The maximum atomic E-state index is 10.9. The number of rotatable bonds is 12. The molecule has 1 amide bonds. The maximum absolute atomic E-state index is 10.9. The Morgan fingerprint density at radius 2 is 1.71 bits per heavy atom. The van der Waals surface area contributed by atoms with Crippen molar-refractivity contribution < 1.29 is 22.2 Å². The van der Waals surface area contributed by atoms with Crippen LogP contribution in [0, 0.1) is 0 Å². The summed E-state index contributed by atoms with van der Waals surface area (Å²) in [6, 6.07) is 0. The minimum Gasteiger partial charge on any atom is -0.748 e. The van der Waals surface area contributed by atoms with E-state index in [2.05, 4.69) is 11.9 Å². The van der Waals surface area contributed by atoms with Gasteiger partial charge in [-0.1, -0.05) is 13.0 Å². The molecule has 0 aromatic rings. The zero-order valence-corrected chi connectivity index (χ0v) is 14.0. The van der Waals surface area contributed by atoms with Gasteiger partial charge in [0.05, 0.1) is 37.3 Å². The van der Waals surface area contributed by atoms with Crippen LogP contribution in [0.25, 0.3) is 0 Å². The Labute approximate surface area is 128 Å². The third-order valence-corrected chi connectivity index (χ3v) is 4.12. The normalized spacial score (nSPS) is 12.1. The second-order valence-electron chi connectivity index (χ2n) is 5.91. The van der Waals surface area contributed by atoms with Gasteiger partial charge in [0.15, 0.2) is 0 Å². The van der Waals surface area contributed by atoms with Gasteiger partial charge in [0.25, 0.3) is 0 Å². The fourth-order valence-electron chi connectivity index (χ4n) is 2.08. The largest absolute Gasteiger partial charge is 0.748 e. The number of amides is 1. The molecule has 0 fully saturated rings. The van der Waals surface area contributed by atoms with Gasteiger partial charge in [-0.3, -0.25) is 4.79 Å². The van der Waals surface area contributed by atoms with Crippen LogP contribution in [0.1, 0.15) is 32.1 Å². The van der Waals surface area contributed by atoms with Gasteiger partial charge in [0.2, 0.25) is 5.91 Å². The molecule has 0 aromatic carbocycles. The lowest BCUT2D eigenvalue weighted by Gasteiger charge is -2.30. The molecule has 0 aromatic heterocycles. The molecule has 124 valence electrons. The number of carbonyl (C=O) groups excluding carboxylic acids is 1. The molecule has 0 radical (unpaired) electrons. The first-order valence-corrected chi connectivity index (χ1v) is 8.90. The predicted molar refractivity (Wildman–Crippen MR) is 82.7 cm³/mol. The van der Waals surface area contributed by atoms with Gasteiger partial charge in [0, 0.05) is 18.7 Å². The van der Waals surface area contributed by atoms with Crippen LogP contribution in [0.3, 0.4) is 0 Å². The number of hydrogen-bond donors (Lipinski definition) is 1. The minimum absolute atomic E-state index is 0.138. The lowest BCUT2D eigenvalue weighted by atomic mass is 10.1. The summed E-state index contributed by atoms with van der Waals surface area (Å²) in [5, 5.41) is 2.73. The molecule has 6 nitrogen and oxygen atoms in total. The van der Waals surface area contributed by atoms with E-state index in [1.165, 1.54) is 6.08 Å². The average Bonchev–Trinajstić information content (AvgIpc) is 2.35. The highest BCUT2D eigenvalue weighted by Crippen LogP contribution is 2.07. The fraction of sp³-hybridized carbons (Fsp3) is 0.786. The predicted octanol–water partition coefficient (Wildman–Crippen LogP) is 0.861. The molecule has 7 heteroatoms. The van der Waals surface area contributed by atoms with Crippen molar-refractivity contribution in [2.45, 2.75) is 32.1 Å². The highest BCUT2D eigenvalue weighted by atomic mass is 32.2. The van der Waals surface area contributed by atoms with Gasteiger partial charge in [-0.15, -0.1) is 0 Å². The SMILES string of the molecule is C=CC(=O)NCCCCCC[N+](C)(C)CCCS(=O)(=O)[O-]. The highest BCUT2D eigenvalue weighted by Gasteiger charge is 2.14. The molecule has 0 heterocycles. The summed E-state index contributed by atoms with van der Waals surface area (Å²) >= 11 is 0. The van der Waals surface area contributed by atoms with E-state index in [-0.39, 0.29) is 11.7 Å². The zero-order chi connectivity index (χ0) is 16.4. The van der Waals surface area contributed by atoms with Crippen LogP contribution >= 0.6 is 0 Å². The summed E-state index contributed by atoms with van der Waals surface area (Å²) in [7, 11) is -0.00603. The van der Waals surface area contributed by atoms with Crippen molar-refractivity contribution in [1.29, 1.82) is 0 Å². The lowest BCUT2D eigenvalue weighted by Crippen LogP contribution is -2.41. The molecule has 21 heavy (non-hydrogen) atoms. The summed E-state index contributed by atoms with van der Waals surface area (Å²) in [6.07, 6.45) is 5.79. The van der Waals surface area contributed by atoms with E-state index in [4.69, 9.17) is 0 Å². The van der Waals surface area contributed by atoms with Crippen LogP contribution in [0.2, 0.25) is 0 Å². The second kappa shape index (κ2) is 9.92. The van der Waals surface area contributed by atoms with Gasteiger partial charge in [0.1, 0.15) is 0 Å². The van der Waals surface area contributed by atoms with Gasteiger partial charge < -0.3 is 14.4 Å². The Kier molecular flexibility index (Phi) is 9.48. The lowest BCUT2D eigenvalue weighted by molar-refractivity contribution is -0.890. The molecule has 0 aliphatic rings. The Hall–Kier alpha value is -0.920. The monoisotopic (exact) mass is 320 g/mol. The molecular weight excluding hydrogens is 292 g/mol. The van der Waals surface area contributed by atoms with Crippen molar-refractivity contribution in [3.63, 3.8) is 0 Å². The van der Waals surface area contributed by atoms with Crippen molar-refractivity contribution in [2.75, 3.05) is 39.5 Å². The first-order chi connectivity index (χ1) is 9.66. The van der Waals surface area contributed by atoms with Crippen molar-refractivity contribution in [3.05, 3.63) is 12.7 Å². The Bertz CT molecular complexity index is 419. The maximum Gasteiger partial charge on any atom is 0.243 e. The molecule has 0 aliphatic heterocycles. The van der Waals surface area contributed by atoms with E-state index in [0.717, 1.165) is 36.7 Å². The highest BCUT2D eigenvalue weighted by molar-refractivity contribution is 7.85. The van der Waals surface area contributed by atoms with E-state index in [0.29, 0.717) is 19.5 Å². The van der Waals surface area contributed by atoms with Gasteiger partial charge in [-0.2, -0.15) is 0 Å². The van der Waals surface area contributed by atoms with Gasteiger partial charge in [-0.25, -0.2) is 8.42 Å². The molecular formula is C14H28N2O4S. The number of nitrogens with one attached hydrogen (secondary N) is 1. The average molecular weight is 320 g/mol. The Morgan fingerprint density at radius 3 is 2.29 bits per heavy atom. The first kappa shape index (κ1) is 20.1. The topological polar surface area (TPSA) is 86.3 Å². The fourth-order valence-corrected chi connectivity index (χ4v) is 2.57. The van der Waals surface area contributed by atoms with Crippen LogP contribution in [0.15, 0.2) is 12.7 Å². The standard InChI is InChI=1S/C14H28N2O4S/c1-4-14(17)15-10-7-5-6-8-11-16(2,3)12-9-13-21(18,19)20/h4H,1,5-13H2,2-3H3,(H-,15,17,18,19,20). The number of unbranched alkanes of at least 4 members (excludes halogenated alkanes) is 3. The van der Waals surface area contributed by atoms with E-state index >= 15 is 0 Å². The van der Waals surface area contributed by atoms with Crippen molar-refractivity contribution in [2.24, 2.45) is 0 Å². The zero-order valence-electron chi connectivity index (χ0n) is 13.1. The molecule has 1 N–H and O–H groups in total. The van der Waals surface area contributed by atoms with E-state index in [9.17, 15) is 17.8 Å². The third kappa shape index (κ3) is 13.8. The van der Waals surface area contributed by atoms with Crippen LogP contribution in [-0.4, -0.2) is 62.8 Å². The third-order valence-electron chi connectivity index (χ3n) is 3.33. The molecule has 0 unspecified atom stereocenters. The summed E-state index contributed by atoms with van der Waals surface area (Å²) in [5.74, 6) is -0.418. The quantitative estimate of drug-likeness (QED) is 0.250. The van der Waals surface area contributed by atoms with Crippen molar-refractivity contribution >= 4 is 16.0 Å². The molecule has 0 spiro atoms. The van der Waals surface area contributed by atoms with Gasteiger partial charge in [-0.05, 0) is 25.3 Å². The van der Waals surface area contributed by atoms with E-state index < -0.39 is 10.1 Å². The second-order valence-corrected chi connectivity index (χ2v) is 7.43. The summed E-state index contributed by atoms with van der Waals surface area (Å²) in [6.45, 7) is 5.70. The van der Waals surface area contributed by atoms with Crippen LogP contribution in [0.5, 0.6) is 0 Å². The van der Waals surface area contributed by atoms with Gasteiger partial charge >= 0.3 is 0 Å². The molecule has 0 rings (SSSR count). The number of carbonyl (C=O) groups is 1. The van der Waals surface area contributed by atoms with Crippen molar-refractivity contribution in [3.8, 4) is 0 Å². The van der Waals surface area contributed by atoms with Crippen molar-refractivity contribution in [1.82, 2.24) is 5.32 Å². The molecule has 0 bridgehead atoms. The first-order valence-electron chi connectivity index (χ1n) is 7.32. The van der Waals surface area contributed by atoms with Crippen LogP contribution < -0.4 is 5.32 Å². The van der Waals surface area contributed by atoms with Crippen LogP contribution in [-0.2, 0) is 14.9 Å². The molecule has 0 saturated heterocycles. The molecule has 0 aliphatic carbocycles. The molecule has 0 atom stereocenters. The van der Waals surface area contributed by atoms with Crippen LogP contribution in [0.4, 0.5) is 0 Å². The summed E-state index contributed by atoms with van der Waals surface area (Å²) in [4.78, 5) is 10.9. The summed E-state index contributed by atoms with van der Waals surface area (Å²) < 4.78 is 32.4. The number of quaternary nitrogens is 1. The Morgan fingerprint density at radius 1 is 1.14 bits per heavy atom. The number of hydrogen-bond acceptors (Lipinski definition) is 4. The summed E-state index contributed by atoms with van der Waals surface area (Å²) in [5.41, 5.74) is 0. The van der Waals surface area contributed by atoms with E-state index in [1.807, 2.05) is 14.1 Å².